The van der Waals surface area contributed by atoms with E-state index in [1.807, 2.05) is 25.9 Å². The van der Waals surface area contributed by atoms with Crippen LogP contribution in [0.25, 0.3) is 0 Å². The fourth-order valence-electron chi connectivity index (χ4n) is 1.45. The molecule has 0 spiro atoms. The summed E-state index contributed by atoms with van der Waals surface area (Å²) >= 11 is 0. The lowest BCUT2D eigenvalue weighted by Crippen LogP contribution is -2.38. The third-order valence-electron chi connectivity index (χ3n) is 3.08. The van der Waals surface area contributed by atoms with E-state index in [9.17, 15) is 18.5 Å². The molecule has 0 aliphatic rings. The van der Waals surface area contributed by atoms with Gasteiger partial charge in [-0.15, -0.1) is 0 Å². The van der Waals surface area contributed by atoms with Gasteiger partial charge in [-0.1, -0.05) is 0 Å². The first-order valence-corrected chi connectivity index (χ1v) is 7.58. The van der Waals surface area contributed by atoms with Crippen LogP contribution in [0.1, 0.15) is 6.92 Å². The third kappa shape index (κ3) is 4.36. The van der Waals surface area contributed by atoms with Crippen molar-refractivity contribution in [1.29, 1.82) is 0 Å². The van der Waals surface area contributed by atoms with Gasteiger partial charge in [0.25, 0.3) is 5.69 Å². The van der Waals surface area contributed by atoms with Crippen LogP contribution in [0.3, 0.4) is 0 Å². The molecule has 118 valence electrons. The van der Waals surface area contributed by atoms with Crippen LogP contribution in [0, 0.1) is 10.1 Å². The Kier molecular flexibility index (Phi) is 5.61. The number of likely N-dealkylation sites (N-methyl/N-ethyl adjacent to an activating group) is 1. The Balaban J connectivity index is 3.04. The number of hydrogen-bond acceptors (Lipinski definition) is 7. The van der Waals surface area contributed by atoms with Crippen molar-refractivity contribution < 1.29 is 13.3 Å². The van der Waals surface area contributed by atoms with Crippen LogP contribution in [-0.2, 0) is 10.0 Å². The molecular weight excluding hydrogens is 298 g/mol. The molecule has 4 N–H and O–H groups in total. The second-order valence-electron chi connectivity index (χ2n) is 4.74. The predicted octanol–water partition coefficient (Wildman–Crippen LogP) is 0.109. The standard InChI is InChI=1S/C11H19N5O4S/c1-8(15(2)3)7-13-21(19,20)9-4-5-10(14-12)11(6-9)16(17)18/h4-6,8,13-14H,7,12H2,1-3H3. The number of sulfonamides is 1. The van der Waals surface area contributed by atoms with E-state index in [0.29, 0.717) is 0 Å². The third-order valence-corrected chi connectivity index (χ3v) is 4.50. The second kappa shape index (κ2) is 6.80. The average Bonchev–Trinajstić information content (AvgIpc) is 2.43. The number of nitrogens with one attached hydrogen (secondary N) is 2. The van der Waals surface area contributed by atoms with Crippen molar-refractivity contribution in [2.45, 2.75) is 17.9 Å². The molecule has 0 aliphatic carbocycles. The van der Waals surface area contributed by atoms with Gasteiger partial charge in [0.05, 0.1) is 9.82 Å². The fourth-order valence-corrected chi connectivity index (χ4v) is 2.59. The summed E-state index contributed by atoms with van der Waals surface area (Å²) < 4.78 is 26.7. The van der Waals surface area contributed by atoms with Crippen molar-refractivity contribution >= 4 is 21.4 Å². The first-order valence-electron chi connectivity index (χ1n) is 6.10. The van der Waals surface area contributed by atoms with Crippen molar-refractivity contribution in [2.24, 2.45) is 5.84 Å². The molecule has 0 saturated carbocycles. The van der Waals surface area contributed by atoms with Gasteiger partial charge in [-0.2, -0.15) is 0 Å². The maximum Gasteiger partial charge on any atom is 0.294 e. The lowest BCUT2D eigenvalue weighted by atomic mass is 10.3. The molecule has 0 fully saturated rings. The lowest BCUT2D eigenvalue weighted by molar-refractivity contribution is -0.384. The van der Waals surface area contributed by atoms with Gasteiger partial charge in [-0.3, -0.25) is 16.0 Å². The Bertz CT molecular complexity index is 617. The highest BCUT2D eigenvalue weighted by Gasteiger charge is 2.21. The first kappa shape index (κ1) is 17.3. The van der Waals surface area contributed by atoms with Crippen LogP contribution in [0.5, 0.6) is 0 Å². The number of nitro groups is 1. The number of nitrogens with two attached hydrogens (primary N) is 1. The van der Waals surface area contributed by atoms with E-state index in [1.54, 1.807) is 0 Å². The molecule has 0 saturated heterocycles. The second-order valence-corrected chi connectivity index (χ2v) is 6.51. The molecule has 1 rings (SSSR count). The number of nitrogens with zero attached hydrogens (tertiary/aromatic N) is 2. The Labute approximate surface area is 123 Å². The molecule has 0 aromatic heterocycles. The molecule has 9 nitrogen and oxygen atoms in total. The van der Waals surface area contributed by atoms with E-state index >= 15 is 0 Å². The number of rotatable bonds is 7. The molecule has 1 aromatic carbocycles. The summed E-state index contributed by atoms with van der Waals surface area (Å²) in [4.78, 5) is 11.9. The number of anilines is 1. The maximum atomic E-state index is 12.1. The van der Waals surface area contributed by atoms with Crippen LogP contribution in [-0.4, -0.2) is 44.9 Å². The van der Waals surface area contributed by atoms with Gasteiger partial charge in [0.15, 0.2) is 0 Å². The van der Waals surface area contributed by atoms with E-state index < -0.39 is 20.6 Å². The van der Waals surface area contributed by atoms with Gasteiger partial charge < -0.3 is 10.3 Å². The minimum absolute atomic E-state index is 0.0141. The number of hydrogen-bond donors (Lipinski definition) is 3. The Morgan fingerprint density at radius 2 is 2.05 bits per heavy atom. The van der Waals surface area contributed by atoms with E-state index in [1.165, 1.54) is 12.1 Å². The maximum absolute atomic E-state index is 12.1. The molecule has 21 heavy (non-hydrogen) atoms. The number of hydrazine groups is 1. The normalized spacial score (nSPS) is 13.2. The molecule has 0 amide bonds. The van der Waals surface area contributed by atoms with Gasteiger partial charge in [-0.25, -0.2) is 13.1 Å². The van der Waals surface area contributed by atoms with Gasteiger partial charge in [0.2, 0.25) is 10.0 Å². The van der Waals surface area contributed by atoms with E-state index in [0.717, 1.165) is 6.07 Å². The monoisotopic (exact) mass is 317 g/mol. The van der Waals surface area contributed by atoms with Crippen molar-refractivity contribution in [2.75, 3.05) is 26.1 Å². The topological polar surface area (TPSA) is 131 Å². The van der Waals surface area contributed by atoms with Gasteiger partial charge in [-0.05, 0) is 33.2 Å². The summed E-state index contributed by atoms with van der Waals surface area (Å²) in [5.74, 6) is 5.15. The predicted molar refractivity (Wildman–Crippen MR) is 79.2 cm³/mol. The summed E-state index contributed by atoms with van der Waals surface area (Å²) in [5.41, 5.74) is 1.80. The van der Waals surface area contributed by atoms with Crippen LogP contribution in [0.15, 0.2) is 23.1 Å². The summed E-state index contributed by atoms with van der Waals surface area (Å²) in [6.07, 6.45) is 0. The zero-order chi connectivity index (χ0) is 16.2. The fraction of sp³-hybridized carbons (Fsp3) is 0.455. The molecule has 0 aliphatic heterocycles. The number of benzene rings is 1. The minimum atomic E-state index is -3.82. The molecule has 1 unspecified atom stereocenters. The van der Waals surface area contributed by atoms with Gasteiger partial charge in [0, 0.05) is 18.7 Å². The minimum Gasteiger partial charge on any atom is -0.318 e. The van der Waals surface area contributed by atoms with Crippen LogP contribution < -0.4 is 16.0 Å². The largest absolute Gasteiger partial charge is 0.318 e. The SMILES string of the molecule is CC(CNS(=O)(=O)c1ccc(NN)c([N+](=O)[O-])c1)N(C)C. The Morgan fingerprint density at radius 3 is 2.52 bits per heavy atom. The van der Waals surface area contributed by atoms with E-state index in [2.05, 4.69) is 10.1 Å². The van der Waals surface area contributed by atoms with E-state index in [4.69, 9.17) is 5.84 Å². The van der Waals surface area contributed by atoms with E-state index in [-0.39, 0.29) is 23.2 Å². The Morgan fingerprint density at radius 1 is 1.43 bits per heavy atom. The summed E-state index contributed by atoms with van der Waals surface area (Å²) in [7, 11) is -0.170. The highest BCUT2D eigenvalue weighted by Crippen LogP contribution is 2.26. The summed E-state index contributed by atoms with van der Waals surface area (Å²) in [6, 6.07) is 3.46. The smallest absolute Gasteiger partial charge is 0.294 e. The van der Waals surface area contributed by atoms with Gasteiger partial charge >= 0.3 is 0 Å². The molecule has 0 radical (unpaired) electrons. The quantitative estimate of drug-likeness (QED) is 0.369. The molecule has 1 aromatic rings. The zero-order valence-corrected chi connectivity index (χ0v) is 12.8. The van der Waals surface area contributed by atoms with Crippen LogP contribution in [0.2, 0.25) is 0 Å². The number of nitro benzene ring substituents is 1. The Hall–Kier alpha value is -1.75. The van der Waals surface area contributed by atoms with Crippen LogP contribution >= 0.6 is 0 Å². The lowest BCUT2D eigenvalue weighted by Gasteiger charge is -2.20. The van der Waals surface area contributed by atoms with Gasteiger partial charge in [0.1, 0.15) is 5.69 Å². The van der Waals surface area contributed by atoms with Crippen molar-refractivity contribution in [3.8, 4) is 0 Å². The summed E-state index contributed by atoms with van der Waals surface area (Å²) in [6.45, 7) is 2.05. The first-order chi connectivity index (χ1) is 9.69. The molecule has 0 bridgehead atoms. The van der Waals surface area contributed by atoms with Crippen molar-refractivity contribution in [3.63, 3.8) is 0 Å². The average molecular weight is 317 g/mol. The van der Waals surface area contributed by atoms with Crippen molar-refractivity contribution in [3.05, 3.63) is 28.3 Å². The highest BCUT2D eigenvalue weighted by molar-refractivity contribution is 7.89. The number of nitrogen functional groups attached to an aromatic ring is 1. The molecule has 0 heterocycles. The highest BCUT2D eigenvalue weighted by atomic mass is 32.2. The van der Waals surface area contributed by atoms with Crippen molar-refractivity contribution in [1.82, 2.24) is 9.62 Å². The van der Waals surface area contributed by atoms with Crippen LogP contribution in [0.4, 0.5) is 11.4 Å². The zero-order valence-electron chi connectivity index (χ0n) is 12.0. The molecule has 10 heteroatoms. The molecule has 1 atom stereocenters. The summed E-state index contributed by atoms with van der Waals surface area (Å²) in [5, 5.41) is 10.9. The molecular formula is C11H19N5O4S.